The Morgan fingerprint density at radius 1 is 1.39 bits per heavy atom. The van der Waals surface area contributed by atoms with Gasteiger partial charge in [0, 0.05) is 35.7 Å². The molecule has 0 unspecified atom stereocenters. The average molecular weight is 259 g/mol. The van der Waals surface area contributed by atoms with Gasteiger partial charge in [0.25, 0.3) is 0 Å². The number of hydrogen-bond acceptors (Lipinski definition) is 4. The van der Waals surface area contributed by atoms with Crippen molar-refractivity contribution < 1.29 is 0 Å². The summed E-state index contributed by atoms with van der Waals surface area (Å²) >= 11 is 1.83. The van der Waals surface area contributed by atoms with Crippen molar-refractivity contribution in [3.05, 3.63) is 45.7 Å². The summed E-state index contributed by atoms with van der Waals surface area (Å²) in [4.78, 5) is 10.6. The topological polar surface area (TPSA) is 37.8 Å². The van der Waals surface area contributed by atoms with Gasteiger partial charge in [0.1, 0.15) is 0 Å². The third-order valence-corrected chi connectivity index (χ3v) is 4.20. The molecule has 3 rings (SSSR count). The van der Waals surface area contributed by atoms with Crippen LogP contribution in [0.2, 0.25) is 0 Å². The first kappa shape index (κ1) is 11.8. The van der Waals surface area contributed by atoms with Crippen LogP contribution < -0.4 is 5.32 Å². The molecule has 2 aromatic rings. The Hall–Kier alpha value is -1.26. The lowest BCUT2D eigenvalue weighted by atomic mass is 10.2. The number of nitrogens with zero attached hydrogens (tertiary/aromatic N) is 2. The number of hydrogen-bond donors (Lipinski definition) is 1. The number of thiazole rings is 1. The smallest absolute Gasteiger partial charge is 0.0991 e. The van der Waals surface area contributed by atoms with Crippen molar-refractivity contribution in [2.45, 2.75) is 31.7 Å². The van der Waals surface area contributed by atoms with Crippen molar-refractivity contribution in [2.75, 3.05) is 7.05 Å². The van der Waals surface area contributed by atoms with Gasteiger partial charge in [0.05, 0.1) is 10.7 Å². The van der Waals surface area contributed by atoms with E-state index in [1.807, 2.05) is 36.7 Å². The van der Waals surface area contributed by atoms with E-state index in [2.05, 4.69) is 16.4 Å². The first-order valence-electron chi connectivity index (χ1n) is 6.40. The Morgan fingerprint density at radius 2 is 2.28 bits per heavy atom. The molecule has 1 aliphatic rings. The molecule has 0 radical (unpaired) electrons. The maximum Gasteiger partial charge on any atom is 0.0991 e. The number of aromatic nitrogens is 2. The van der Waals surface area contributed by atoms with Gasteiger partial charge in [0.15, 0.2) is 0 Å². The van der Waals surface area contributed by atoms with Gasteiger partial charge in [-0.05, 0) is 32.0 Å². The van der Waals surface area contributed by atoms with Crippen LogP contribution in [0.3, 0.4) is 0 Å². The molecular weight excluding hydrogens is 242 g/mol. The van der Waals surface area contributed by atoms with Crippen LogP contribution in [0.4, 0.5) is 0 Å². The maximum absolute atomic E-state index is 4.82. The number of nitrogens with one attached hydrogen (secondary N) is 1. The fourth-order valence-corrected chi connectivity index (χ4v) is 3.29. The zero-order chi connectivity index (χ0) is 12.4. The molecular formula is C14H17N3S. The first-order valence-corrected chi connectivity index (χ1v) is 7.21. The van der Waals surface area contributed by atoms with Crippen molar-refractivity contribution in [1.29, 1.82) is 0 Å². The summed E-state index contributed by atoms with van der Waals surface area (Å²) in [7, 11) is 1.99. The molecule has 0 aliphatic heterocycles. The lowest BCUT2D eigenvalue weighted by molar-refractivity contribution is 0.811. The molecule has 2 heterocycles. The van der Waals surface area contributed by atoms with Gasteiger partial charge in [-0.25, -0.2) is 4.98 Å². The van der Waals surface area contributed by atoms with Crippen LogP contribution in [-0.2, 0) is 13.0 Å². The number of rotatable bonds is 5. The van der Waals surface area contributed by atoms with Crippen LogP contribution in [0.15, 0.2) is 24.4 Å². The van der Waals surface area contributed by atoms with Crippen LogP contribution in [-0.4, -0.2) is 17.0 Å². The van der Waals surface area contributed by atoms with Gasteiger partial charge >= 0.3 is 0 Å². The molecule has 1 fully saturated rings. The molecule has 1 aliphatic carbocycles. The molecule has 0 amide bonds. The van der Waals surface area contributed by atoms with Crippen molar-refractivity contribution in [3.63, 3.8) is 0 Å². The largest absolute Gasteiger partial charge is 0.315 e. The second-order valence-electron chi connectivity index (χ2n) is 4.72. The van der Waals surface area contributed by atoms with Crippen LogP contribution in [0.25, 0.3) is 0 Å². The molecule has 18 heavy (non-hydrogen) atoms. The van der Waals surface area contributed by atoms with Crippen LogP contribution >= 0.6 is 11.3 Å². The Labute approximate surface area is 111 Å². The van der Waals surface area contributed by atoms with Crippen molar-refractivity contribution in [3.8, 4) is 0 Å². The van der Waals surface area contributed by atoms with E-state index in [4.69, 9.17) is 4.98 Å². The van der Waals surface area contributed by atoms with E-state index in [-0.39, 0.29) is 0 Å². The van der Waals surface area contributed by atoms with Gasteiger partial charge in [-0.3, -0.25) is 4.98 Å². The second-order valence-corrected chi connectivity index (χ2v) is 5.89. The van der Waals surface area contributed by atoms with Gasteiger partial charge in [-0.2, -0.15) is 0 Å². The standard InChI is InChI=1S/C14H17N3S/c1-15-9-12-14(10-5-6-10)17-13(18-12)8-11-4-2-3-7-16-11/h2-4,7,10,15H,5-6,8-9H2,1H3. The molecule has 4 heteroatoms. The Balaban J connectivity index is 1.82. The third kappa shape index (κ3) is 2.60. The van der Waals surface area contributed by atoms with E-state index < -0.39 is 0 Å². The van der Waals surface area contributed by atoms with E-state index in [1.54, 1.807) is 0 Å². The fourth-order valence-electron chi connectivity index (χ4n) is 2.11. The summed E-state index contributed by atoms with van der Waals surface area (Å²) in [5.41, 5.74) is 2.44. The minimum absolute atomic E-state index is 0.724. The molecule has 3 nitrogen and oxygen atoms in total. The van der Waals surface area contributed by atoms with Crippen LogP contribution in [0.5, 0.6) is 0 Å². The molecule has 0 spiro atoms. The molecule has 1 saturated carbocycles. The van der Waals surface area contributed by atoms with E-state index in [1.165, 1.54) is 28.4 Å². The molecule has 0 bridgehead atoms. The van der Waals surface area contributed by atoms with E-state index in [0.29, 0.717) is 0 Å². The zero-order valence-electron chi connectivity index (χ0n) is 10.5. The van der Waals surface area contributed by atoms with E-state index in [9.17, 15) is 0 Å². The molecule has 0 saturated heterocycles. The van der Waals surface area contributed by atoms with Gasteiger partial charge < -0.3 is 5.32 Å². The third-order valence-electron chi connectivity index (χ3n) is 3.13. The fraction of sp³-hybridized carbons (Fsp3) is 0.429. The van der Waals surface area contributed by atoms with Gasteiger partial charge in [0.2, 0.25) is 0 Å². The normalized spacial score (nSPS) is 14.9. The highest BCUT2D eigenvalue weighted by molar-refractivity contribution is 7.11. The predicted octanol–water partition coefficient (Wildman–Crippen LogP) is 2.73. The zero-order valence-corrected chi connectivity index (χ0v) is 11.3. The Bertz CT molecular complexity index is 517. The summed E-state index contributed by atoms with van der Waals surface area (Å²) < 4.78 is 0. The maximum atomic E-state index is 4.82. The van der Waals surface area contributed by atoms with Crippen LogP contribution in [0, 0.1) is 0 Å². The van der Waals surface area contributed by atoms with Gasteiger partial charge in [-0.15, -0.1) is 11.3 Å². The summed E-state index contributed by atoms with van der Waals surface area (Å²) in [6, 6.07) is 6.05. The molecule has 0 atom stereocenters. The summed E-state index contributed by atoms with van der Waals surface area (Å²) in [5, 5.41) is 4.43. The predicted molar refractivity (Wildman–Crippen MR) is 73.9 cm³/mol. The summed E-state index contributed by atoms with van der Waals surface area (Å²) in [5.74, 6) is 0.724. The molecule has 1 N–H and O–H groups in total. The SMILES string of the molecule is CNCc1sc(Cc2ccccn2)nc1C1CC1. The van der Waals surface area contributed by atoms with Crippen molar-refractivity contribution in [1.82, 2.24) is 15.3 Å². The van der Waals surface area contributed by atoms with E-state index >= 15 is 0 Å². The summed E-state index contributed by atoms with van der Waals surface area (Å²) in [6.07, 6.45) is 5.32. The minimum Gasteiger partial charge on any atom is -0.315 e. The van der Waals surface area contributed by atoms with Crippen LogP contribution in [0.1, 0.15) is 40.0 Å². The lowest BCUT2D eigenvalue weighted by Crippen LogP contribution is -2.05. The monoisotopic (exact) mass is 259 g/mol. The Kier molecular flexibility index (Phi) is 3.39. The van der Waals surface area contributed by atoms with Crippen molar-refractivity contribution >= 4 is 11.3 Å². The molecule has 2 aromatic heterocycles. The van der Waals surface area contributed by atoms with Gasteiger partial charge in [-0.1, -0.05) is 6.07 Å². The first-order chi connectivity index (χ1) is 8.86. The highest BCUT2D eigenvalue weighted by atomic mass is 32.1. The summed E-state index contributed by atoms with van der Waals surface area (Å²) in [6.45, 7) is 0.936. The molecule has 94 valence electrons. The van der Waals surface area contributed by atoms with E-state index in [0.717, 1.165) is 24.6 Å². The van der Waals surface area contributed by atoms with Crippen molar-refractivity contribution in [2.24, 2.45) is 0 Å². The lowest BCUT2D eigenvalue weighted by Gasteiger charge is -1.97. The quantitative estimate of drug-likeness (QED) is 0.897. The second kappa shape index (κ2) is 5.16. The minimum atomic E-state index is 0.724. The number of pyridine rings is 1. The highest BCUT2D eigenvalue weighted by Gasteiger charge is 2.29. The average Bonchev–Trinajstić information content (AvgIpc) is 3.15. The molecule has 0 aromatic carbocycles. The Morgan fingerprint density at radius 3 is 2.94 bits per heavy atom. The highest BCUT2D eigenvalue weighted by Crippen LogP contribution is 2.42.